The zero-order chi connectivity index (χ0) is 19.2. The molecule has 1 heterocycles. The maximum atomic E-state index is 12.9. The van der Waals surface area contributed by atoms with Gasteiger partial charge in [0.05, 0.1) is 11.6 Å². The largest absolute Gasteiger partial charge is 0.350 e. The number of carbonyl (C=O) groups excluding carboxylic acids is 1. The van der Waals surface area contributed by atoms with Gasteiger partial charge in [0.2, 0.25) is 5.56 Å². The standard InChI is InChI=1S/C22H25N3O2/c1-3-25(4-2)20(16-10-6-5-7-11-16)15-23-22(27)18-14-21(26)24-19-13-9-8-12-17(18)19/h5-14,20H,3-4,15H2,1-2H3,(H,23,27)(H,24,26). The van der Waals surface area contributed by atoms with Crippen molar-refractivity contribution in [2.75, 3.05) is 19.6 Å². The van der Waals surface area contributed by atoms with Gasteiger partial charge in [-0.1, -0.05) is 62.4 Å². The molecule has 3 rings (SSSR count). The third-order valence-corrected chi connectivity index (χ3v) is 4.89. The molecule has 0 spiro atoms. The Morgan fingerprint density at radius 3 is 2.41 bits per heavy atom. The van der Waals surface area contributed by atoms with Crippen molar-refractivity contribution in [3.05, 3.63) is 82.1 Å². The van der Waals surface area contributed by atoms with Crippen LogP contribution in [0, 0.1) is 0 Å². The number of benzene rings is 2. The highest BCUT2D eigenvalue weighted by Gasteiger charge is 2.20. The molecule has 27 heavy (non-hydrogen) atoms. The number of pyridine rings is 1. The highest BCUT2D eigenvalue weighted by atomic mass is 16.2. The second-order valence-electron chi connectivity index (χ2n) is 6.45. The van der Waals surface area contributed by atoms with E-state index in [9.17, 15) is 9.59 Å². The first-order chi connectivity index (χ1) is 13.1. The Balaban J connectivity index is 1.86. The number of nitrogens with zero attached hydrogens (tertiary/aromatic N) is 1. The van der Waals surface area contributed by atoms with Crippen molar-refractivity contribution in [1.29, 1.82) is 0 Å². The number of amides is 1. The van der Waals surface area contributed by atoms with Gasteiger partial charge in [0.15, 0.2) is 0 Å². The van der Waals surface area contributed by atoms with Crippen molar-refractivity contribution >= 4 is 16.8 Å². The van der Waals surface area contributed by atoms with Crippen molar-refractivity contribution in [2.24, 2.45) is 0 Å². The number of rotatable bonds is 7. The minimum atomic E-state index is -0.276. The predicted molar refractivity (Wildman–Crippen MR) is 109 cm³/mol. The van der Waals surface area contributed by atoms with Crippen LogP contribution in [0.5, 0.6) is 0 Å². The quantitative estimate of drug-likeness (QED) is 0.677. The van der Waals surface area contributed by atoms with Gasteiger partial charge in [-0.05, 0) is 24.7 Å². The van der Waals surface area contributed by atoms with Crippen LogP contribution in [0.25, 0.3) is 10.9 Å². The number of nitrogens with one attached hydrogen (secondary N) is 2. The summed E-state index contributed by atoms with van der Waals surface area (Å²) in [4.78, 5) is 29.9. The van der Waals surface area contributed by atoms with E-state index >= 15 is 0 Å². The van der Waals surface area contributed by atoms with Crippen LogP contribution in [0.15, 0.2) is 65.5 Å². The van der Waals surface area contributed by atoms with Gasteiger partial charge in [0, 0.05) is 23.5 Å². The Morgan fingerprint density at radius 1 is 1.04 bits per heavy atom. The molecule has 3 aromatic rings. The summed E-state index contributed by atoms with van der Waals surface area (Å²) in [5.74, 6) is -0.231. The van der Waals surface area contributed by atoms with E-state index in [4.69, 9.17) is 0 Å². The number of carbonyl (C=O) groups is 1. The van der Waals surface area contributed by atoms with Crippen LogP contribution in [-0.4, -0.2) is 35.4 Å². The van der Waals surface area contributed by atoms with Crippen LogP contribution in [0.4, 0.5) is 0 Å². The van der Waals surface area contributed by atoms with Gasteiger partial charge < -0.3 is 10.3 Å². The molecule has 2 N–H and O–H groups in total. The van der Waals surface area contributed by atoms with Crippen LogP contribution in [0.3, 0.4) is 0 Å². The van der Waals surface area contributed by atoms with Crippen molar-refractivity contribution < 1.29 is 4.79 Å². The fourth-order valence-corrected chi connectivity index (χ4v) is 3.47. The minimum absolute atomic E-state index is 0.0819. The number of hydrogen-bond donors (Lipinski definition) is 2. The Morgan fingerprint density at radius 2 is 1.70 bits per heavy atom. The lowest BCUT2D eigenvalue weighted by Gasteiger charge is -2.30. The molecule has 0 radical (unpaired) electrons. The fraction of sp³-hybridized carbons (Fsp3) is 0.273. The van der Waals surface area contributed by atoms with E-state index < -0.39 is 0 Å². The lowest BCUT2D eigenvalue weighted by atomic mass is 10.0. The number of para-hydroxylation sites is 1. The first-order valence-corrected chi connectivity index (χ1v) is 9.33. The average molecular weight is 363 g/mol. The van der Waals surface area contributed by atoms with Crippen molar-refractivity contribution in [3.63, 3.8) is 0 Å². The van der Waals surface area contributed by atoms with Gasteiger partial charge in [-0.2, -0.15) is 0 Å². The molecule has 0 saturated carbocycles. The van der Waals surface area contributed by atoms with Crippen LogP contribution in [-0.2, 0) is 0 Å². The van der Waals surface area contributed by atoms with Gasteiger partial charge in [-0.25, -0.2) is 0 Å². The molecule has 0 fully saturated rings. The number of likely N-dealkylation sites (N-methyl/N-ethyl adjacent to an activating group) is 1. The maximum Gasteiger partial charge on any atom is 0.252 e. The second kappa shape index (κ2) is 8.64. The zero-order valence-corrected chi connectivity index (χ0v) is 15.7. The summed E-state index contributed by atoms with van der Waals surface area (Å²) in [6.07, 6.45) is 0. The molecule has 0 aliphatic rings. The van der Waals surface area contributed by atoms with Gasteiger partial charge in [-0.15, -0.1) is 0 Å². The maximum absolute atomic E-state index is 12.9. The summed E-state index contributed by atoms with van der Waals surface area (Å²) < 4.78 is 0. The van der Waals surface area contributed by atoms with Gasteiger partial charge in [0.25, 0.3) is 5.91 Å². The summed E-state index contributed by atoms with van der Waals surface area (Å²) in [6.45, 7) is 6.49. The van der Waals surface area contributed by atoms with Crippen LogP contribution >= 0.6 is 0 Å². The molecular weight excluding hydrogens is 338 g/mol. The molecule has 0 saturated heterocycles. The number of H-pyrrole nitrogens is 1. The number of aromatic nitrogens is 1. The van der Waals surface area contributed by atoms with Crippen molar-refractivity contribution in [2.45, 2.75) is 19.9 Å². The molecule has 140 valence electrons. The van der Waals surface area contributed by atoms with Crippen molar-refractivity contribution in [3.8, 4) is 0 Å². The summed E-state index contributed by atoms with van der Waals surface area (Å²) >= 11 is 0. The highest BCUT2D eigenvalue weighted by Crippen LogP contribution is 2.20. The molecule has 5 nitrogen and oxygen atoms in total. The third-order valence-electron chi connectivity index (χ3n) is 4.89. The molecule has 1 atom stereocenters. The predicted octanol–water partition coefficient (Wildman–Crippen LogP) is 3.34. The Bertz CT molecular complexity index is 962. The summed E-state index contributed by atoms with van der Waals surface area (Å²) in [5.41, 5.74) is 1.96. The molecule has 1 aromatic heterocycles. The minimum Gasteiger partial charge on any atom is -0.350 e. The Hall–Kier alpha value is -2.92. The van der Waals surface area contributed by atoms with E-state index in [1.54, 1.807) is 6.07 Å². The van der Waals surface area contributed by atoms with Crippen LogP contribution in [0.2, 0.25) is 0 Å². The van der Waals surface area contributed by atoms with Gasteiger partial charge in [-0.3, -0.25) is 14.5 Å². The molecule has 1 unspecified atom stereocenters. The molecular formula is C22H25N3O2. The third kappa shape index (κ3) is 4.26. The first-order valence-electron chi connectivity index (χ1n) is 9.33. The lowest BCUT2D eigenvalue weighted by molar-refractivity contribution is 0.0936. The van der Waals surface area contributed by atoms with E-state index in [0.29, 0.717) is 17.6 Å². The topological polar surface area (TPSA) is 65.2 Å². The summed E-state index contributed by atoms with van der Waals surface area (Å²) in [5, 5.41) is 3.78. The van der Waals surface area contributed by atoms with Gasteiger partial charge in [0.1, 0.15) is 0 Å². The molecule has 0 aliphatic carbocycles. The summed E-state index contributed by atoms with van der Waals surface area (Å²) in [6, 6.07) is 19.0. The average Bonchev–Trinajstić information content (AvgIpc) is 2.70. The van der Waals surface area contributed by atoms with Crippen LogP contribution in [0.1, 0.15) is 35.8 Å². The molecule has 2 aromatic carbocycles. The summed E-state index contributed by atoms with van der Waals surface area (Å²) in [7, 11) is 0. The van der Waals surface area contributed by atoms with Crippen LogP contribution < -0.4 is 10.9 Å². The SMILES string of the molecule is CCN(CC)C(CNC(=O)c1cc(=O)[nH]c2ccccc12)c1ccccc1. The molecule has 0 aliphatic heterocycles. The highest BCUT2D eigenvalue weighted by molar-refractivity contribution is 6.05. The second-order valence-corrected chi connectivity index (χ2v) is 6.45. The lowest BCUT2D eigenvalue weighted by Crippen LogP contribution is -2.38. The number of fused-ring (bicyclic) bond motifs is 1. The van der Waals surface area contributed by atoms with E-state index in [1.807, 2.05) is 36.4 Å². The monoisotopic (exact) mass is 363 g/mol. The molecule has 5 heteroatoms. The van der Waals surface area contributed by atoms with E-state index in [1.165, 1.54) is 6.07 Å². The number of hydrogen-bond acceptors (Lipinski definition) is 3. The smallest absolute Gasteiger partial charge is 0.252 e. The normalized spacial score (nSPS) is 12.3. The van der Waals surface area contributed by atoms with E-state index in [2.05, 4.69) is 41.2 Å². The van der Waals surface area contributed by atoms with E-state index in [-0.39, 0.29) is 17.5 Å². The first kappa shape index (κ1) is 18.9. The number of aromatic amines is 1. The van der Waals surface area contributed by atoms with Gasteiger partial charge >= 0.3 is 0 Å². The zero-order valence-electron chi connectivity index (χ0n) is 15.7. The molecule has 1 amide bonds. The fourth-order valence-electron chi connectivity index (χ4n) is 3.47. The van der Waals surface area contributed by atoms with E-state index in [0.717, 1.165) is 24.0 Å². The van der Waals surface area contributed by atoms with Crippen molar-refractivity contribution in [1.82, 2.24) is 15.2 Å². The Kier molecular flexibility index (Phi) is 6.04. The Labute approximate surface area is 159 Å². The molecule has 0 bridgehead atoms.